The average Bonchev–Trinajstić information content (AvgIpc) is 3.06. The molecule has 25 heavy (non-hydrogen) atoms. The summed E-state index contributed by atoms with van der Waals surface area (Å²) in [5.74, 6) is -1.35. The van der Waals surface area contributed by atoms with E-state index in [9.17, 15) is 9.59 Å². The molecule has 0 aliphatic heterocycles. The number of carbonyl (C=O) groups excluding carboxylic acids is 1. The zero-order chi connectivity index (χ0) is 17.6. The lowest BCUT2D eigenvalue weighted by atomic mass is 10.3. The topological polar surface area (TPSA) is 84.2 Å². The molecule has 1 amide bonds. The summed E-state index contributed by atoms with van der Waals surface area (Å²) in [6.45, 7) is -0.0579. The maximum atomic E-state index is 12.2. The van der Waals surface area contributed by atoms with Crippen LogP contribution in [0.4, 0.5) is 5.69 Å². The van der Waals surface area contributed by atoms with Crippen LogP contribution in [0.15, 0.2) is 76.8 Å². The molecule has 1 aromatic heterocycles. The van der Waals surface area contributed by atoms with Crippen LogP contribution in [0.3, 0.4) is 0 Å². The van der Waals surface area contributed by atoms with Crippen LogP contribution in [0, 0.1) is 0 Å². The Morgan fingerprint density at radius 2 is 1.80 bits per heavy atom. The van der Waals surface area contributed by atoms with Gasteiger partial charge in [-0.1, -0.05) is 42.1 Å². The quantitative estimate of drug-likeness (QED) is 0.710. The number of carboxylic acids is 1. The molecular weight excluding hydrogens is 338 g/mol. The molecule has 0 saturated heterocycles. The average molecular weight is 353 g/mol. The minimum absolute atomic E-state index is 0.0489. The van der Waals surface area contributed by atoms with Crippen LogP contribution in [0.5, 0.6) is 0 Å². The SMILES string of the molecule is O=C(Cn1cc(C(=O)O)cn1)Nc1ccccc1Sc1ccccc1. The summed E-state index contributed by atoms with van der Waals surface area (Å²) in [6.07, 6.45) is 2.54. The summed E-state index contributed by atoms with van der Waals surface area (Å²) in [7, 11) is 0. The number of nitrogens with zero attached hydrogens (tertiary/aromatic N) is 2. The molecule has 0 atom stereocenters. The molecule has 0 bridgehead atoms. The lowest BCUT2D eigenvalue weighted by molar-refractivity contribution is -0.116. The van der Waals surface area contributed by atoms with Gasteiger partial charge in [0.05, 0.1) is 17.4 Å². The van der Waals surface area contributed by atoms with Crippen molar-refractivity contribution in [2.45, 2.75) is 16.3 Å². The summed E-state index contributed by atoms with van der Waals surface area (Å²) in [5.41, 5.74) is 0.750. The number of benzene rings is 2. The Balaban J connectivity index is 1.69. The standard InChI is InChI=1S/C18H15N3O3S/c22-17(12-21-11-13(10-19-21)18(23)24)20-15-8-4-5-9-16(15)25-14-6-2-1-3-7-14/h1-11H,12H2,(H,20,22)(H,23,24). The van der Waals surface area contributed by atoms with E-state index in [1.807, 2.05) is 54.6 Å². The molecule has 3 aromatic rings. The summed E-state index contributed by atoms with van der Waals surface area (Å²) in [5, 5.41) is 15.6. The highest BCUT2D eigenvalue weighted by Crippen LogP contribution is 2.33. The predicted octanol–water partition coefficient (Wildman–Crippen LogP) is 3.37. The van der Waals surface area contributed by atoms with E-state index in [-0.39, 0.29) is 18.0 Å². The fourth-order valence-electron chi connectivity index (χ4n) is 2.17. The summed E-state index contributed by atoms with van der Waals surface area (Å²) in [4.78, 5) is 25.1. The molecule has 0 spiro atoms. The Bertz CT molecular complexity index is 893. The molecule has 0 radical (unpaired) electrons. The highest BCUT2D eigenvalue weighted by atomic mass is 32.2. The lowest BCUT2D eigenvalue weighted by Crippen LogP contribution is -2.19. The van der Waals surface area contributed by atoms with E-state index in [1.165, 1.54) is 17.1 Å². The van der Waals surface area contributed by atoms with Crippen LogP contribution in [-0.2, 0) is 11.3 Å². The van der Waals surface area contributed by atoms with Crippen LogP contribution in [0.25, 0.3) is 0 Å². The number of para-hydroxylation sites is 1. The zero-order valence-electron chi connectivity index (χ0n) is 13.1. The molecule has 2 aromatic carbocycles. The summed E-state index contributed by atoms with van der Waals surface area (Å²) < 4.78 is 1.30. The van der Waals surface area contributed by atoms with Crippen molar-refractivity contribution in [1.29, 1.82) is 0 Å². The van der Waals surface area contributed by atoms with Crippen molar-refractivity contribution in [3.05, 3.63) is 72.6 Å². The van der Waals surface area contributed by atoms with Crippen molar-refractivity contribution < 1.29 is 14.7 Å². The van der Waals surface area contributed by atoms with E-state index >= 15 is 0 Å². The second-order valence-electron chi connectivity index (χ2n) is 5.19. The third-order valence-corrected chi connectivity index (χ3v) is 4.40. The van der Waals surface area contributed by atoms with Gasteiger partial charge in [-0.05, 0) is 24.3 Å². The summed E-state index contributed by atoms with van der Waals surface area (Å²) in [6, 6.07) is 17.4. The third-order valence-electron chi connectivity index (χ3n) is 3.32. The Labute approximate surface area is 148 Å². The molecule has 0 aliphatic carbocycles. The molecule has 7 heteroatoms. The molecule has 0 fully saturated rings. The van der Waals surface area contributed by atoms with Crippen LogP contribution >= 0.6 is 11.8 Å². The number of aromatic carboxylic acids is 1. The second-order valence-corrected chi connectivity index (χ2v) is 6.31. The van der Waals surface area contributed by atoms with E-state index in [4.69, 9.17) is 5.11 Å². The molecule has 0 unspecified atom stereocenters. The van der Waals surface area contributed by atoms with Gasteiger partial charge in [0.25, 0.3) is 0 Å². The molecule has 126 valence electrons. The van der Waals surface area contributed by atoms with Crippen molar-refractivity contribution >= 4 is 29.3 Å². The van der Waals surface area contributed by atoms with Gasteiger partial charge in [0.1, 0.15) is 6.54 Å². The van der Waals surface area contributed by atoms with Gasteiger partial charge in [-0.2, -0.15) is 5.10 Å². The number of amides is 1. The highest BCUT2D eigenvalue weighted by molar-refractivity contribution is 7.99. The number of carbonyl (C=O) groups is 2. The zero-order valence-corrected chi connectivity index (χ0v) is 13.9. The summed E-state index contributed by atoms with van der Waals surface area (Å²) >= 11 is 1.56. The molecule has 0 saturated carbocycles. The van der Waals surface area contributed by atoms with Crippen molar-refractivity contribution in [2.75, 3.05) is 5.32 Å². The molecule has 2 N–H and O–H groups in total. The normalized spacial score (nSPS) is 10.4. The van der Waals surface area contributed by atoms with Crippen LogP contribution in [0.2, 0.25) is 0 Å². The maximum absolute atomic E-state index is 12.2. The lowest BCUT2D eigenvalue weighted by Gasteiger charge is -2.10. The molecular formula is C18H15N3O3S. The Hall–Kier alpha value is -3.06. The van der Waals surface area contributed by atoms with Crippen molar-refractivity contribution in [1.82, 2.24) is 9.78 Å². The van der Waals surface area contributed by atoms with E-state index in [1.54, 1.807) is 11.8 Å². The minimum Gasteiger partial charge on any atom is -0.478 e. The van der Waals surface area contributed by atoms with Crippen LogP contribution in [-0.4, -0.2) is 26.8 Å². The first kappa shape index (κ1) is 16.8. The number of rotatable bonds is 6. The van der Waals surface area contributed by atoms with Gasteiger partial charge in [0.2, 0.25) is 5.91 Å². The number of hydrogen-bond acceptors (Lipinski definition) is 4. The predicted molar refractivity (Wildman–Crippen MR) is 94.8 cm³/mol. The van der Waals surface area contributed by atoms with Gasteiger partial charge < -0.3 is 10.4 Å². The van der Waals surface area contributed by atoms with E-state index in [0.29, 0.717) is 5.69 Å². The van der Waals surface area contributed by atoms with Crippen LogP contribution in [0.1, 0.15) is 10.4 Å². The third kappa shape index (κ3) is 4.48. The Morgan fingerprint density at radius 3 is 2.52 bits per heavy atom. The van der Waals surface area contributed by atoms with Crippen molar-refractivity contribution in [3.63, 3.8) is 0 Å². The van der Waals surface area contributed by atoms with Gasteiger partial charge in [0, 0.05) is 16.0 Å². The minimum atomic E-state index is -1.07. The number of anilines is 1. The smallest absolute Gasteiger partial charge is 0.338 e. The highest BCUT2D eigenvalue weighted by Gasteiger charge is 2.11. The van der Waals surface area contributed by atoms with Gasteiger partial charge in [0.15, 0.2) is 0 Å². The molecule has 1 heterocycles. The number of aromatic nitrogens is 2. The molecule has 0 aliphatic rings. The number of carboxylic acid groups (broad SMARTS) is 1. The van der Waals surface area contributed by atoms with Crippen molar-refractivity contribution in [3.8, 4) is 0 Å². The van der Waals surface area contributed by atoms with Gasteiger partial charge in [-0.15, -0.1) is 0 Å². The van der Waals surface area contributed by atoms with E-state index in [0.717, 1.165) is 9.79 Å². The second kappa shape index (κ2) is 7.67. The van der Waals surface area contributed by atoms with Gasteiger partial charge in [-0.25, -0.2) is 4.79 Å². The Morgan fingerprint density at radius 1 is 1.08 bits per heavy atom. The maximum Gasteiger partial charge on any atom is 0.338 e. The Kier molecular flexibility index (Phi) is 5.15. The molecule has 3 rings (SSSR count). The molecule has 6 nitrogen and oxygen atoms in total. The van der Waals surface area contributed by atoms with E-state index < -0.39 is 5.97 Å². The first-order valence-electron chi connectivity index (χ1n) is 7.49. The van der Waals surface area contributed by atoms with Crippen LogP contribution < -0.4 is 5.32 Å². The largest absolute Gasteiger partial charge is 0.478 e. The van der Waals surface area contributed by atoms with Crippen molar-refractivity contribution in [2.24, 2.45) is 0 Å². The first-order chi connectivity index (χ1) is 12.1. The monoisotopic (exact) mass is 353 g/mol. The number of nitrogens with one attached hydrogen (secondary N) is 1. The van der Waals surface area contributed by atoms with Gasteiger partial charge in [-0.3, -0.25) is 9.48 Å². The first-order valence-corrected chi connectivity index (χ1v) is 8.31. The number of hydrogen-bond donors (Lipinski definition) is 2. The van der Waals surface area contributed by atoms with E-state index in [2.05, 4.69) is 10.4 Å². The van der Waals surface area contributed by atoms with Gasteiger partial charge >= 0.3 is 5.97 Å². The fourth-order valence-corrected chi connectivity index (χ4v) is 3.09. The fraction of sp³-hybridized carbons (Fsp3) is 0.0556.